The summed E-state index contributed by atoms with van der Waals surface area (Å²) in [5, 5.41) is 39.8. The highest BCUT2D eigenvalue weighted by molar-refractivity contribution is 5.76. The van der Waals surface area contributed by atoms with E-state index in [0.29, 0.717) is 0 Å². The Balaban J connectivity index is 2.67. The molecule has 1 amide bonds. The monoisotopic (exact) mass is 235 g/mol. The van der Waals surface area contributed by atoms with Crippen LogP contribution >= 0.6 is 0 Å². The summed E-state index contributed by atoms with van der Waals surface area (Å²) in [6.45, 7) is 1.09. The molecule has 0 saturated carbocycles. The van der Waals surface area contributed by atoms with Crippen LogP contribution in [0.3, 0.4) is 0 Å². The lowest BCUT2D eigenvalue weighted by Gasteiger charge is -2.40. The number of carbonyl (C=O) groups excluding carboxylic acids is 1. The smallest absolute Gasteiger partial charge is 0.220 e. The van der Waals surface area contributed by atoms with E-state index in [1.807, 2.05) is 0 Å². The molecule has 1 fully saturated rings. The Labute approximate surface area is 92.7 Å². The third kappa shape index (κ3) is 2.69. The zero-order valence-corrected chi connectivity index (χ0v) is 8.91. The molecule has 5 N–H and O–H groups in total. The minimum absolute atomic E-state index is 0.190. The first-order valence-corrected chi connectivity index (χ1v) is 5.11. The number of carbonyl (C=O) groups is 1. The van der Waals surface area contributed by atoms with Gasteiger partial charge >= 0.3 is 0 Å². The lowest BCUT2D eigenvalue weighted by molar-refractivity contribution is -0.253. The first-order valence-electron chi connectivity index (χ1n) is 5.11. The summed E-state index contributed by atoms with van der Waals surface area (Å²) in [6, 6.07) is -1.09. The van der Waals surface area contributed by atoms with Gasteiger partial charge in [-0.15, -0.1) is 0 Å². The number of hydrogen-bond donors (Lipinski definition) is 5. The Morgan fingerprint density at radius 3 is 2.44 bits per heavy atom. The SMILES string of the molecule is CCC(=O)N[C@@H]1[C@@H](O)[C@H](O)[C@@H](CO)O[C@@H]1O. The molecule has 94 valence electrons. The molecule has 0 bridgehead atoms. The number of aliphatic hydroxyl groups excluding tert-OH is 4. The van der Waals surface area contributed by atoms with Crippen LogP contribution in [-0.4, -0.2) is 63.6 Å². The third-order valence-electron chi connectivity index (χ3n) is 2.55. The summed E-state index contributed by atoms with van der Waals surface area (Å²) in [6.07, 6.45) is -5.05. The molecule has 16 heavy (non-hydrogen) atoms. The van der Waals surface area contributed by atoms with Crippen LogP contribution in [0.1, 0.15) is 13.3 Å². The molecule has 0 aromatic heterocycles. The summed E-state index contributed by atoms with van der Waals surface area (Å²) >= 11 is 0. The normalized spacial score (nSPS) is 39.4. The summed E-state index contributed by atoms with van der Waals surface area (Å²) in [4.78, 5) is 11.1. The first kappa shape index (κ1) is 13.3. The van der Waals surface area contributed by atoms with E-state index in [4.69, 9.17) is 9.84 Å². The topological polar surface area (TPSA) is 119 Å². The van der Waals surface area contributed by atoms with Gasteiger partial charge in [-0.25, -0.2) is 0 Å². The average molecular weight is 235 g/mol. The van der Waals surface area contributed by atoms with Gasteiger partial charge < -0.3 is 30.5 Å². The molecule has 0 radical (unpaired) electrons. The van der Waals surface area contributed by atoms with Crippen molar-refractivity contribution >= 4 is 5.91 Å². The van der Waals surface area contributed by atoms with Gasteiger partial charge in [0.2, 0.25) is 5.91 Å². The molecule has 1 aliphatic heterocycles. The predicted octanol–water partition coefficient (Wildman–Crippen LogP) is -2.69. The zero-order chi connectivity index (χ0) is 12.3. The second-order valence-electron chi connectivity index (χ2n) is 3.68. The van der Waals surface area contributed by atoms with Crippen LogP contribution in [0.25, 0.3) is 0 Å². The molecular weight excluding hydrogens is 218 g/mol. The number of hydrogen-bond acceptors (Lipinski definition) is 6. The number of nitrogens with one attached hydrogen (secondary N) is 1. The number of ether oxygens (including phenoxy) is 1. The van der Waals surface area contributed by atoms with Crippen molar-refractivity contribution in [2.45, 2.75) is 44.0 Å². The third-order valence-corrected chi connectivity index (χ3v) is 2.55. The van der Waals surface area contributed by atoms with E-state index in [-0.39, 0.29) is 12.3 Å². The molecular formula is C9H17NO6. The van der Waals surface area contributed by atoms with Crippen LogP contribution in [0.15, 0.2) is 0 Å². The van der Waals surface area contributed by atoms with Gasteiger partial charge in [-0.2, -0.15) is 0 Å². The summed E-state index contributed by atoms with van der Waals surface area (Å²) < 4.78 is 4.86. The maximum atomic E-state index is 11.1. The minimum Gasteiger partial charge on any atom is -0.394 e. The summed E-state index contributed by atoms with van der Waals surface area (Å²) in [5.41, 5.74) is 0. The average Bonchev–Trinajstić information content (AvgIpc) is 2.28. The maximum absolute atomic E-state index is 11.1. The van der Waals surface area contributed by atoms with Crippen LogP contribution in [0.2, 0.25) is 0 Å². The molecule has 0 aromatic rings. The molecule has 7 heteroatoms. The van der Waals surface area contributed by atoms with Gasteiger partial charge in [0.1, 0.15) is 24.4 Å². The molecule has 0 unspecified atom stereocenters. The molecule has 0 aromatic carbocycles. The molecule has 1 aliphatic rings. The van der Waals surface area contributed by atoms with Crippen molar-refractivity contribution in [2.75, 3.05) is 6.61 Å². The summed E-state index contributed by atoms with van der Waals surface area (Å²) in [7, 11) is 0. The number of rotatable bonds is 3. The van der Waals surface area contributed by atoms with Gasteiger partial charge in [-0.3, -0.25) is 4.79 Å². The summed E-state index contributed by atoms with van der Waals surface area (Å²) in [5.74, 6) is -0.374. The van der Waals surface area contributed by atoms with Gasteiger partial charge in [-0.1, -0.05) is 6.92 Å². The van der Waals surface area contributed by atoms with E-state index in [1.165, 1.54) is 0 Å². The van der Waals surface area contributed by atoms with Crippen molar-refractivity contribution in [1.29, 1.82) is 0 Å². The van der Waals surface area contributed by atoms with Gasteiger partial charge in [0.15, 0.2) is 6.29 Å². The standard InChI is InChI=1S/C9H17NO6/c1-2-5(12)10-6-8(14)7(13)4(3-11)16-9(6)15/h4,6-9,11,13-15H,2-3H2,1H3,(H,10,12)/t4-,6-,7-,8-,9+/m1/s1. The fourth-order valence-corrected chi connectivity index (χ4v) is 1.54. The molecule has 5 atom stereocenters. The van der Waals surface area contributed by atoms with Crippen LogP contribution < -0.4 is 5.32 Å². The Hall–Kier alpha value is -0.730. The second kappa shape index (κ2) is 5.55. The first-order chi connectivity index (χ1) is 7.51. The van der Waals surface area contributed by atoms with E-state index in [2.05, 4.69) is 5.32 Å². The molecule has 1 heterocycles. The van der Waals surface area contributed by atoms with Crippen molar-refractivity contribution in [2.24, 2.45) is 0 Å². The van der Waals surface area contributed by atoms with Crippen molar-refractivity contribution in [3.05, 3.63) is 0 Å². The minimum atomic E-state index is -1.45. The Kier molecular flexibility index (Phi) is 4.63. The predicted molar refractivity (Wildman–Crippen MR) is 52.2 cm³/mol. The van der Waals surface area contributed by atoms with Crippen molar-refractivity contribution in [3.8, 4) is 0 Å². The van der Waals surface area contributed by atoms with Crippen molar-refractivity contribution < 1.29 is 30.0 Å². The second-order valence-corrected chi connectivity index (χ2v) is 3.68. The lowest BCUT2D eigenvalue weighted by Crippen LogP contribution is -2.64. The Morgan fingerprint density at radius 1 is 1.31 bits per heavy atom. The highest BCUT2D eigenvalue weighted by atomic mass is 16.6. The number of aliphatic hydroxyl groups is 4. The van der Waals surface area contributed by atoms with Crippen LogP contribution in [-0.2, 0) is 9.53 Å². The fourth-order valence-electron chi connectivity index (χ4n) is 1.54. The van der Waals surface area contributed by atoms with Crippen LogP contribution in [0, 0.1) is 0 Å². The molecule has 0 aliphatic carbocycles. The fraction of sp³-hybridized carbons (Fsp3) is 0.889. The quantitative estimate of drug-likeness (QED) is 0.363. The van der Waals surface area contributed by atoms with Gasteiger partial charge in [0.05, 0.1) is 6.61 Å². The van der Waals surface area contributed by atoms with Gasteiger partial charge in [0, 0.05) is 6.42 Å². The van der Waals surface area contributed by atoms with Gasteiger partial charge in [-0.05, 0) is 0 Å². The van der Waals surface area contributed by atoms with E-state index in [0.717, 1.165) is 0 Å². The van der Waals surface area contributed by atoms with E-state index in [9.17, 15) is 20.1 Å². The molecule has 1 saturated heterocycles. The number of amides is 1. The van der Waals surface area contributed by atoms with Crippen molar-refractivity contribution in [1.82, 2.24) is 5.32 Å². The molecule has 0 spiro atoms. The largest absolute Gasteiger partial charge is 0.394 e. The van der Waals surface area contributed by atoms with Gasteiger partial charge in [0.25, 0.3) is 0 Å². The van der Waals surface area contributed by atoms with Crippen molar-refractivity contribution in [3.63, 3.8) is 0 Å². The maximum Gasteiger partial charge on any atom is 0.220 e. The van der Waals surface area contributed by atoms with Crippen LogP contribution in [0.5, 0.6) is 0 Å². The van der Waals surface area contributed by atoms with Crippen LogP contribution in [0.4, 0.5) is 0 Å². The zero-order valence-electron chi connectivity index (χ0n) is 8.91. The molecule has 7 nitrogen and oxygen atoms in total. The molecule has 1 rings (SSSR count). The Morgan fingerprint density at radius 2 is 1.94 bits per heavy atom. The highest BCUT2D eigenvalue weighted by Gasteiger charge is 2.44. The highest BCUT2D eigenvalue weighted by Crippen LogP contribution is 2.19. The van der Waals surface area contributed by atoms with E-state index >= 15 is 0 Å². The lowest BCUT2D eigenvalue weighted by atomic mass is 9.97. The van der Waals surface area contributed by atoms with E-state index < -0.39 is 37.3 Å². The Bertz CT molecular complexity index is 248. The van der Waals surface area contributed by atoms with E-state index in [1.54, 1.807) is 6.92 Å².